The predicted octanol–water partition coefficient (Wildman–Crippen LogP) is 3.49. The highest BCUT2D eigenvalue weighted by Gasteiger charge is 2.37. The van der Waals surface area contributed by atoms with Crippen molar-refractivity contribution >= 4 is 39.8 Å². The van der Waals surface area contributed by atoms with Crippen LogP contribution in [0.25, 0.3) is 0 Å². The van der Waals surface area contributed by atoms with Crippen molar-refractivity contribution in [2.75, 3.05) is 5.32 Å². The van der Waals surface area contributed by atoms with Gasteiger partial charge in [0, 0.05) is 4.88 Å². The third kappa shape index (κ3) is 3.09. The van der Waals surface area contributed by atoms with Crippen molar-refractivity contribution in [2.45, 2.75) is 37.5 Å². The van der Waals surface area contributed by atoms with Gasteiger partial charge >= 0.3 is 17.3 Å². The average Bonchev–Trinajstić information content (AvgIpc) is 2.51. The van der Waals surface area contributed by atoms with Gasteiger partial charge in [0.1, 0.15) is 5.00 Å². The highest BCUT2D eigenvalue weighted by atomic mass is 35.5. The minimum atomic E-state index is -4.06. The predicted molar refractivity (Wildman–Crippen MR) is 72.0 cm³/mol. The van der Waals surface area contributed by atoms with E-state index in [0.717, 1.165) is 35.5 Å². The van der Waals surface area contributed by atoms with Gasteiger partial charge in [0.05, 0.1) is 5.56 Å². The Labute approximate surface area is 122 Å². The topological polar surface area (TPSA) is 66.4 Å². The van der Waals surface area contributed by atoms with Crippen molar-refractivity contribution in [3.8, 4) is 0 Å². The molecule has 0 aliphatic heterocycles. The average molecular weight is 324 g/mol. The van der Waals surface area contributed by atoms with E-state index in [1.54, 1.807) is 0 Å². The second-order valence-electron chi connectivity index (χ2n) is 4.53. The van der Waals surface area contributed by atoms with Crippen molar-refractivity contribution in [3.05, 3.63) is 16.0 Å². The zero-order chi connectivity index (χ0) is 14.9. The number of aromatic carboxylic acids is 1. The Kier molecular flexibility index (Phi) is 4.29. The zero-order valence-electron chi connectivity index (χ0n) is 10.3. The summed E-state index contributed by atoms with van der Waals surface area (Å²) in [5.74, 6) is -2.93. The highest BCUT2D eigenvalue weighted by Crippen LogP contribution is 2.38. The lowest BCUT2D eigenvalue weighted by Crippen LogP contribution is -2.29. The number of anilines is 1. The van der Waals surface area contributed by atoms with Gasteiger partial charge in [-0.15, -0.1) is 11.3 Å². The molecule has 0 saturated heterocycles. The molecule has 1 aromatic heterocycles. The fraction of sp³-hybridized carbons (Fsp3) is 0.500. The summed E-state index contributed by atoms with van der Waals surface area (Å²) in [5.41, 5.74) is 0.564. The zero-order valence-corrected chi connectivity index (χ0v) is 11.9. The first-order chi connectivity index (χ1) is 9.30. The number of halogens is 3. The Bertz CT molecular complexity index is 554. The smallest absolute Gasteiger partial charge is 0.400 e. The molecule has 1 aliphatic carbocycles. The summed E-state index contributed by atoms with van der Waals surface area (Å²) in [7, 11) is 0. The Hall–Kier alpha value is -1.21. The van der Waals surface area contributed by atoms with Crippen LogP contribution >= 0.6 is 22.9 Å². The normalized spacial score (nSPS) is 15.3. The Morgan fingerprint density at radius 3 is 2.50 bits per heavy atom. The molecule has 110 valence electrons. The number of fused-ring (bicyclic) bond motifs is 1. The van der Waals surface area contributed by atoms with Crippen LogP contribution in [0, 0.1) is 0 Å². The van der Waals surface area contributed by atoms with E-state index in [1.165, 1.54) is 0 Å². The van der Waals surface area contributed by atoms with Gasteiger partial charge in [-0.05, 0) is 42.8 Å². The van der Waals surface area contributed by atoms with Crippen molar-refractivity contribution in [1.29, 1.82) is 0 Å². The molecule has 1 amide bonds. The van der Waals surface area contributed by atoms with Crippen LogP contribution in [0.1, 0.15) is 40.1 Å². The summed E-state index contributed by atoms with van der Waals surface area (Å²) >= 11 is 5.67. The van der Waals surface area contributed by atoms with Crippen LogP contribution in [-0.2, 0) is 17.6 Å². The molecule has 0 fully saturated rings. The third-order valence-corrected chi connectivity index (χ3v) is 4.50. The van der Waals surface area contributed by atoms with E-state index in [2.05, 4.69) is 11.6 Å². The molecule has 1 heterocycles. The largest absolute Gasteiger partial charge is 0.478 e. The molecule has 0 atom stereocenters. The summed E-state index contributed by atoms with van der Waals surface area (Å²) in [4.78, 5) is 23.4. The first kappa shape index (κ1) is 15.2. The van der Waals surface area contributed by atoms with E-state index < -0.39 is 17.3 Å². The second kappa shape index (κ2) is 5.65. The molecule has 20 heavy (non-hydrogen) atoms. The molecule has 1 aliphatic rings. The summed E-state index contributed by atoms with van der Waals surface area (Å²) in [6.45, 7) is 0. The van der Waals surface area contributed by atoms with Crippen LogP contribution < -0.4 is 5.32 Å². The van der Waals surface area contributed by atoms with Crippen LogP contribution in [0.4, 0.5) is 13.8 Å². The lowest BCUT2D eigenvalue weighted by atomic mass is 10.1. The Balaban J connectivity index is 2.38. The highest BCUT2D eigenvalue weighted by molar-refractivity contribution is 7.17. The number of thiophene rings is 1. The van der Waals surface area contributed by atoms with Crippen LogP contribution in [0.2, 0.25) is 0 Å². The fourth-order valence-electron chi connectivity index (χ4n) is 2.23. The van der Waals surface area contributed by atoms with Gasteiger partial charge in [-0.25, -0.2) is 4.79 Å². The molecule has 4 nitrogen and oxygen atoms in total. The second-order valence-corrected chi connectivity index (χ2v) is 6.11. The minimum absolute atomic E-state index is 0.0604. The number of carboxylic acid groups (broad SMARTS) is 1. The lowest BCUT2D eigenvalue weighted by Gasteiger charge is -2.08. The van der Waals surface area contributed by atoms with Crippen molar-refractivity contribution < 1.29 is 23.5 Å². The summed E-state index contributed by atoms with van der Waals surface area (Å²) in [6.07, 6.45) is 4.06. The quantitative estimate of drug-likeness (QED) is 0.661. The van der Waals surface area contributed by atoms with E-state index in [9.17, 15) is 23.5 Å². The summed E-state index contributed by atoms with van der Waals surface area (Å²) in [6, 6.07) is 0. The van der Waals surface area contributed by atoms with Gasteiger partial charge in [0.25, 0.3) is 0 Å². The van der Waals surface area contributed by atoms with Gasteiger partial charge in [0.2, 0.25) is 0 Å². The van der Waals surface area contributed by atoms with Crippen molar-refractivity contribution in [2.24, 2.45) is 0 Å². The van der Waals surface area contributed by atoms with Crippen LogP contribution in [0.15, 0.2) is 0 Å². The van der Waals surface area contributed by atoms with E-state index >= 15 is 0 Å². The number of carbonyl (C=O) groups excluding carboxylic acids is 1. The SMILES string of the molecule is O=C(O)c1c(NC(=O)C(F)(F)Cl)sc2c1CCCCC2. The van der Waals surface area contributed by atoms with Gasteiger partial charge in [-0.2, -0.15) is 8.78 Å². The molecule has 0 unspecified atom stereocenters. The molecule has 0 saturated carbocycles. The lowest BCUT2D eigenvalue weighted by molar-refractivity contribution is -0.130. The molecule has 0 aromatic carbocycles. The van der Waals surface area contributed by atoms with E-state index in [4.69, 9.17) is 0 Å². The maximum atomic E-state index is 12.7. The summed E-state index contributed by atoms with van der Waals surface area (Å²) in [5, 5.41) is 7.06. The molecular weight excluding hydrogens is 312 g/mol. The maximum absolute atomic E-state index is 12.7. The molecule has 0 spiro atoms. The molecule has 2 N–H and O–H groups in total. The molecular formula is C12H12ClF2NO3S. The number of carbonyl (C=O) groups is 2. The number of alkyl halides is 3. The van der Waals surface area contributed by atoms with Crippen molar-refractivity contribution in [3.63, 3.8) is 0 Å². The molecule has 1 aromatic rings. The standard InChI is InChI=1S/C12H12ClF2NO3S/c13-12(14,15)11(19)16-9-8(10(17)18)6-4-2-1-3-5-7(6)20-9/h1-5H2,(H,16,19)(H,17,18). The van der Waals surface area contributed by atoms with Gasteiger partial charge in [0.15, 0.2) is 0 Å². The fourth-order valence-corrected chi connectivity index (χ4v) is 3.55. The number of aryl methyl sites for hydroxylation is 1. The van der Waals surface area contributed by atoms with Gasteiger partial charge < -0.3 is 10.4 Å². The molecule has 0 radical (unpaired) electrons. The van der Waals surface area contributed by atoms with Crippen LogP contribution in [0.3, 0.4) is 0 Å². The number of nitrogens with one attached hydrogen (secondary N) is 1. The monoisotopic (exact) mass is 323 g/mol. The number of carboxylic acids is 1. The molecule has 8 heteroatoms. The van der Waals surface area contributed by atoms with E-state index in [-0.39, 0.29) is 10.6 Å². The number of amides is 1. The van der Waals surface area contributed by atoms with Crippen LogP contribution in [-0.4, -0.2) is 22.4 Å². The van der Waals surface area contributed by atoms with E-state index in [0.29, 0.717) is 18.4 Å². The van der Waals surface area contributed by atoms with Gasteiger partial charge in [-0.3, -0.25) is 4.79 Å². The Morgan fingerprint density at radius 2 is 1.90 bits per heavy atom. The maximum Gasteiger partial charge on any atom is 0.400 e. The molecule has 2 rings (SSSR count). The first-order valence-electron chi connectivity index (χ1n) is 6.06. The first-order valence-corrected chi connectivity index (χ1v) is 7.26. The minimum Gasteiger partial charge on any atom is -0.478 e. The number of hydrogen-bond acceptors (Lipinski definition) is 3. The Morgan fingerprint density at radius 1 is 1.25 bits per heavy atom. The van der Waals surface area contributed by atoms with Crippen LogP contribution in [0.5, 0.6) is 0 Å². The third-order valence-electron chi connectivity index (χ3n) is 3.12. The molecule has 0 bridgehead atoms. The summed E-state index contributed by atoms with van der Waals surface area (Å²) < 4.78 is 25.4. The number of hydrogen-bond donors (Lipinski definition) is 2. The van der Waals surface area contributed by atoms with Gasteiger partial charge in [-0.1, -0.05) is 6.42 Å². The van der Waals surface area contributed by atoms with Crippen molar-refractivity contribution in [1.82, 2.24) is 0 Å². The number of rotatable bonds is 3. The van der Waals surface area contributed by atoms with E-state index in [1.807, 2.05) is 5.32 Å².